The summed E-state index contributed by atoms with van der Waals surface area (Å²) in [4.78, 5) is 18.5. The Kier molecular flexibility index (Phi) is 4.84. The number of rotatable bonds is 6. The fourth-order valence-corrected chi connectivity index (χ4v) is 1.11. The van der Waals surface area contributed by atoms with Crippen molar-refractivity contribution in [1.29, 1.82) is 0 Å². The summed E-state index contributed by atoms with van der Waals surface area (Å²) in [5.41, 5.74) is 4.92. The summed E-state index contributed by atoms with van der Waals surface area (Å²) < 4.78 is 0. The van der Waals surface area contributed by atoms with Crippen LogP contribution in [0.5, 0.6) is 0 Å². The molecule has 1 aromatic rings. The minimum atomic E-state index is -0.530. The Morgan fingerprint density at radius 1 is 1.31 bits per heavy atom. The lowest BCUT2D eigenvalue weighted by molar-refractivity contribution is 0.249. The number of hydrogen-bond acceptors (Lipinski definition) is 5. The van der Waals surface area contributed by atoms with Gasteiger partial charge in [-0.05, 0) is 6.92 Å². The zero-order valence-electron chi connectivity index (χ0n) is 9.16. The Morgan fingerprint density at radius 3 is 2.62 bits per heavy atom. The van der Waals surface area contributed by atoms with Crippen LogP contribution >= 0.6 is 0 Å². The van der Waals surface area contributed by atoms with Crippen molar-refractivity contribution in [2.45, 2.75) is 6.92 Å². The van der Waals surface area contributed by atoms with Crippen LogP contribution in [-0.2, 0) is 0 Å². The second-order valence-electron chi connectivity index (χ2n) is 3.04. The molecule has 0 saturated carbocycles. The quantitative estimate of drug-likeness (QED) is 0.509. The number of primary amides is 1. The molecule has 2 amide bonds. The van der Waals surface area contributed by atoms with Crippen molar-refractivity contribution in [2.75, 3.05) is 30.3 Å². The normalized spacial score (nSPS) is 9.56. The number of carbonyl (C=O) groups is 1. The van der Waals surface area contributed by atoms with Crippen molar-refractivity contribution in [3.8, 4) is 0 Å². The minimum absolute atomic E-state index is 0.454. The predicted octanol–water partition coefficient (Wildman–Crippen LogP) is -0.0114. The van der Waals surface area contributed by atoms with Gasteiger partial charge in [0, 0.05) is 25.7 Å². The van der Waals surface area contributed by atoms with Gasteiger partial charge < -0.3 is 21.7 Å². The molecule has 0 saturated heterocycles. The summed E-state index contributed by atoms with van der Waals surface area (Å²) in [6.07, 6.45) is 1.47. The number of hydrogen-bond donors (Lipinski definition) is 4. The highest BCUT2D eigenvalue weighted by Gasteiger charge is 1.97. The van der Waals surface area contributed by atoms with Gasteiger partial charge in [-0.2, -0.15) is 0 Å². The minimum Gasteiger partial charge on any atom is -0.370 e. The molecule has 5 N–H and O–H groups in total. The van der Waals surface area contributed by atoms with E-state index in [9.17, 15) is 4.79 Å². The predicted molar refractivity (Wildman–Crippen MR) is 62.3 cm³/mol. The Morgan fingerprint density at radius 2 is 2.00 bits per heavy atom. The molecule has 7 heteroatoms. The number of nitrogens with one attached hydrogen (secondary N) is 3. The van der Waals surface area contributed by atoms with Crippen LogP contribution in [0.25, 0.3) is 0 Å². The fourth-order valence-electron chi connectivity index (χ4n) is 1.11. The second-order valence-corrected chi connectivity index (χ2v) is 3.04. The lowest BCUT2D eigenvalue weighted by Crippen LogP contribution is -2.33. The van der Waals surface area contributed by atoms with Gasteiger partial charge in [0.25, 0.3) is 0 Å². The van der Waals surface area contributed by atoms with Crippen molar-refractivity contribution < 1.29 is 4.79 Å². The van der Waals surface area contributed by atoms with Gasteiger partial charge in [0.15, 0.2) is 0 Å². The molecule has 0 aliphatic heterocycles. The van der Waals surface area contributed by atoms with Crippen LogP contribution < -0.4 is 21.7 Å². The summed E-state index contributed by atoms with van der Waals surface area (Å²) in [5, 5.41) is 8.59. The third kappa shape index (κ3) is 4.45. The average Bonchev–Trinajstić information content (AvgIpc) is 2.25. The Balaban J connectivity index is 2.35. The van der Waals surface area contributed by atoms with Crippen molar-refractivity contribution in [1.82, 2.24) is 15.3 Å². The SMILES string of the molecule is CCNc1cc(NCCNC(N)=O)ncn1. The molecule has 1 aromatic heterocycles. The van der Waals surface area contributed by atoms with E-state index in [0.717, 1.165) is 12.4 Å². The molecule has 0 aliphatic rings. The third-order valence-corrected chi connectivity index (χ3v) is 1.76. The molecule has 0 unspecified atom stereocenters. The monoisotopic (exact) mass is 224 g/mol. The summed E-state index contributed by atoms with van der Waals surface area (Å²) >= 11 is 0. The molecule has 0 fully saturated rings. The molecule has 88 valence electrons. The number of anilines is 2. The molecular weight excluding hydrogens is 208 g/mol. The first-order chi connectivity index (χ1) is 7.72. The lowest BCUT2D eigenvalue weighted by Gasteiger charge is -2.07. The van der Waals surface area contributed by atoms with Gasteiger partial charge in [-0.25, -0.2) is 14.8 Å². The molecule has 7 nitrogen and oxygen atoms in total. The van der Waals surface area contributed by atoms with E-state index in [1.54, 1.807) is 6.07 Å². The first-order valence-electron chi connectivity index (χ1n) is 5.05. The van der Waals surface area contributed by atoms with E-state index < -0.39 is 6.03 Å². The van der Waals surface area contributed by atoms with Gasteiger partial charge >= 0.3 is 6.03 Å². The van der Waals surface area contributed by atoms with Gasteiger partial charge in [0.05, 0.1) is 0 Å². The third-order valence-electron chi connectivity index (χ3n) is 1.76. The van der Waals surface area contributed by atoms with Crippen LogP contribution in [0, 0.1) is 0 Å². The molecule has 16 heavy (non-hydrogen) atoms. The first kappa shape index (κ1) is 12.0. The van der Waals surface area contributed by atoms with Crippen molar-refractivity contribution >= 4 is 17.7 Å². The maximum absolute atomic E-state index is 10.4. The van der Waals surface area contributed by atoms with Gasteiger partial charge in [0.2, 0.25) is 0 Å². The Hall–Kier alpha value is -2.05. The highest BCUT2D eigenvalue weighted by atomic mass is 16.2. The standard InChI is InChI=1S/C9H16N6O/c1-2-11-7-5-8(15-6-14-7)12-3-4-13-9(10)16/h5-6H,2-4H2,1H3,(H3,10,13,16)(H2,11,12,14,15). The van der Waals surface area contributed by atoms with E-state index in [2.05, 4.69) is 25.9 Å². The van der Waals surface area contributed by atoms with E-state index in [4.69, 9.17) is 5.73 Å². The van der Waals surface area contributed by atoms with Crippen LogP contribution in [0.1, 0.15) is 6.92 Å². The van der Waals surface area contributed by atoms with Crippen LogP contribution in [0.2, 0.25) is 0 Å². The summed E-state index contributed by atoms with van der Waals surface area (Å²) in [6, 6.07) is 1.27. The number of aromatic nitrogens is 2. The van der Waals surface area contributed by atoms with E-state index >= 15 is 0 Å². The van der Waals surface area contributed by atoms with Crippen molar-refractivity contribution in [2.24, 2.45) is 5.73 Å². The number of urea groups is 1. The van der Waals surface area contributed by atoms with E-state index in [-0.39, 0.29) is 0 Å². The van der Waals surface area contributed by atoms with Crippen LogP contribution in [0.15, 0.2) is 12.4 Å². The van der Waals surface area contributed by atoms with Crippen LogP contribution in [-0.4, -0.2) is 35.6 Å². The van der Waals surface area contributed by atoms with E-state index in [1.807, 2.05) is 6.92 Å². The molecule has 0 spiro atoms. The molecule has 0 aromatic carbocycles. The van der Waals surface area contributed by atoms with Crippen molar-refractivity contribution in [3.63, 3.8) is 0 Å². The first-order valence-corrected chi connectivity index (χ1v) is 5.05. The molecular formula is C9H16N6O. The molecule has 0 aliphatic carbocycles. The summed E-state index contributed by atoms with van der Waals surface area (Å²) in [5.74, 6) is 1.47. The van der Waals surface area contributed by atoms with Crippen LogP contribution in [0.3, 0.4) is 0 Å². The smallest absolute Gasteiger partial charge is 0.312 e. The molecule has 0 bridgehead atoms. The van der Waals surface area contributed by atoms with E-state index in [1.165, 1.54) is 6.33 Å². The van der Waals surface area contributed by atoms with Gasteiger partial charge in [-0.1, -0.05) is 0 Å². The van der Waals surface area contributed by atoms with Gasteiger partial charge in [0.1, 0.15) is 18.0 Å². The second kappa shape index (κ2) is 6.44. The van der Waals surface area contributed by atoms with Crippen LogP contribution in [0.4, 0.5) is 16.4 Å². The number of nitrogens with two attached hydrogens (primary N) is 1. The summed E-state index contributed by atoms with van der Waals surface area (Å²) in [7, 11) is 0. The maximum atomic E-state index is 10.4. The fraction of sp³-hybridized carbons (Fsp3) is 0.444. The molecule has 1 heterocycles. The van der Waals surface area contributed by atoms with Gasteiger partial charge in [-0.15, -0.1) is 0 Å². The molecule has 1 rings (SSSR count). The molecule has 0 radical (unpaired) electrons. The Labute approximate surface area is 93.8 Å². The highest BCUT2D eigenvalue weighted by molar-refractivity contribution is 5.71. The number of amides is 2. The lowest BCUT2D eigenvalue weighted by atomic mass is 10.5. The van der Waals surface area contributed by atoms with E-state index in [0.29, 0.717) is 18.9 Å². The summed E-state index contributed by atoms with van der Waals surface area (Å²) in [6.45, 7) is 3.81. The van der Waals surface area contributed by atoms with Crippen molar-refractivity contribution in [3.05, 3.63) is 12.4 Å². The average molecular weight is 224 g/mol. The highest BCUT2D eigenvalue weighted by Crippen LogP contribution is 2.07. The zero-order chi connectivity index (χ0) is 11.8. The largest absolute Gasteiger partial charge is 0.370 e. The topological polar surface area (TPSA) is 105 Å². The zero-order valence-corrected chi connectivity index (χ0v) is 9.16. The number of nitrogens with zero attached hydrogens (tertiary/aromatic N) is 2. The maximum Gasteiger partial charge on any atom is 0.312 e. The molecule has 0 atom stereocenters. The number of carbonyl (C=O) groups excluding carboxylic acids is 1. The Bertz CT molecular complexity index is 343. The van der Waals surface area contributed by atoms with Gasteiger partial charge in [-0.3, -0.25) is 0 Å².